The first-order valence-electron chi connectivity index (χ1n) is 11.0. The molecule has 0 aliphatic carbocycles. The Morgan fingerprint density at radius 2 is 1.69 bits per heavy atom. The molecule has 0 aromatic heterocycles. The van der Waals surface area contributed by atoms with E-state index in [0.717, 1.165) is 37.3 Å². The summed E-state index contributed by atoms with van der Waals surface area (Å²) in [5.74, 6) is 6.02. The number of hydrogen-bond acceptors (Lipinski definition) is 6. The maximum atomic E-state index is 12.7. The Kier molecular flexibility index (Phi) is 8.21. The van der Waals surface area contributed by atoms with Crippen LogP contribution in [0.25, 0.3) is 0 Å². The zero-order chi connectivity index (χ0) is 23.1. The number of carbonyl (C=O) groups is 2. The first-order valence-corrected chi connectivity index (χ1v) is 11.0. The van der Waals surface area contributed by atoms with Gasteiger partial charge in [-0.2, -0.15) is 0 Å². The van der Waals surface area contributed by atoms with Gasteiger partial charge in [0.15, 0.2) is 0 Å². The van der Waals surface area contributed by atoms with Gasteiger partial charge in [-0.15, -0.1) is 0 Å². The first kappa shape index (κ1) is 23.7. The van der Waals surface area contributed by atoms with Crippen LogP contribution < -0.4 is 11.2 Å². The zero-order valence-corrected chi connectivity index (χ0v) is 19.1. The number of hydrogen-bond donors (Lipinski definition) is 2. The molecule has 0 spiro atoms. The molecule has 172 valence electrons. The fourth-order valence-electron chi connectivity index (χ4n) is 4.07. The summed E-state index contributed by atoms with van der Waals surface area (Å²) >= 11 is 0. The number of anilines is 1. The molecule has 0 saturated carbocycles. The lowest BCUT2D eigenvalue weighted by molar-refractivity contribution is 0.0773. The second-order valence-corrected chi connectivity index (χ2v) is 7.82. The lowest BCUT2D eigenvalue weighted by atomic mass is 9.95. The molecular weight excluding hydrogens is 406 g/mol. The molecule has 1 heterocycles. The van der Waals surface area contributed by atoms with Crippen LogP contribution in [0.1, 0.15) is 41.4 Å². The molecule has 8 nitrogen and oxygen atoms in total. The molecule has 2 aromatic carbocycles. The van der Waals surface area contributed by atoms with Gasteiger partial charge in [0.1, 0.15) is 0 Å². The van der Waals surface area contributed by atoms with Crippen molar-refractivity contribution < 1.29 is 14.3 Å². The highest BCUT2D eigenvalue weighted by Crippen LogP contribution is 2.31. The molecule has 1 aliphatic heterocycles. The van der Waals surface area contributed by atoms with E-state index in [-0.39, 0.29) is 11.9 Å². The molecule has 2 amide bonds. The van der Waals surface area contributed by atoms with Crippen LogP contribution in [0.5, 0.6) is 0 Å². The minimum Gasteiger partial charge on any atom is -0.453 e. The van der Waals surface area contributed by atoms with Gasteiger partial charge in [0.05, 0.1) is 13.2 Å². The number of rotatable bonds is 7. The molecular formula is C24H33N5O3. The van der Waals surface area contributed by atoms with Gasteiger partial charge in [0, 0.05) is 50.5 Å². The molecule has 1 atom stereocenters. The van der Waals surface area contributed by atoms with Crippen LogP contribution in [0.3, 0.4) is 0 Å². The number of methoxy groups -OCH3 is 1. The predicted octanol–water partition coefficient (Wildman–Crippen LogP) is 2.93. The number of nitrogens with two attached hydrogens (primary N) is 1. The van der Waals surface area contributed by atoms with Gasteiger partial charge in [0.2, 0.25) is 0 Å². The Morgan fingerprint density at radius 3 is 2.28 bits per heavy atom. The third kappa shape index (κ3) is 5.64. The lowest BCUT2D eigenvalue weighted by Crippen LogP contribution is -2.50. The molecule has 32 heavy (non-hydrogen) atoms. The smallest absolute Gasteiger partial charge is 0.411 e. The maximum Gasteiger partial charge on any atom is 0.411 e. The summed E-state index contributed by atoms with van der Waals surface area (Å²) in [5, 5.41) is 4.57. The summed E-state index contributed by atoms with van der Waals surface area (Å²) in [6, 6.07) is 15.6. The topological polar surface area (TPSA) is 91.1 Å². The van der Waals surface area contributed by atoms with Crippen LogP contribution in [0, 0.1) is 0 Å². The molecule has 1 unspecified atom stereocenters. The number of amides is 2. The molecule has 8 heteroatoms. The molecule has 1 saturated heterocycles. The molecule has 1 fully saturated rings. The second kappa shape index (κ2) is 11.1. The van der Waals surface area contributed by atoms with E-state index >= 15 is 0 Å². The zero-order valence-electron chi connectivity index (χ0n) is 19.1. The summed E-state index contributed by atoms with van der Waals surface area (Å²) < 4.78 is 4.72. The van der Waals surface area contributed by atoms with Gasteiger partial charge in [0.25, 0.3) is 5.91 Å². The van der Waals surface area contributed by atoms with Crippen molar-refractivity contribution in [2.24, 2.45) is 5.84 Å². The number of ether oxygens (including phenoxy) is 1. The fraction of sp³-hybridized carbons (Fsp3) is 0.417. The van der Waals surface area contributed by atoms with Gasteiger partial charge in [-0.3, -0.25) is 20.9 Å². The van der Waals surface area contributed by atoms with Gasteiger partial charge in [-0.1, -0.05) is 24.3 Å². The number of piperazine rings is 1. The molecule has 3 rings (SSSR count). The van der Waals surface area contributed by atoms with E-state index < -0.39 is 6.09 Å². The standard InChI is InChI=1S/C24H33N5O3/c1-4-27(5-2)23(30)19-11-9-18(10-12-19)22(28-13-15-29(25)16-14-28)20-7-6-8-21(17-20)26-24(31)32-3/h6-12,17,22H,4-5,13-16,25H2,1-3H3,(H,26,31). The van der Waals surface area contributed by atoms with E-state index in [1.165, 1.54) is 7.11 Å². The third-order valence-electron chi connectivity index (χ3n) is 5.87. The van der Waals surface area contributed by atoms with Crippen molar-refractivity contribution >= 4 is 17.7 Å². The third-order valence-corrected chi connectivity index (χ3v) is 5.87. The Morgan fingerprint density at radius 1 is 1.03 bits per heavy atom. The van der Waals surface area contributed by atoms with Crippen LogP contribution in [0.2, 0.25) is 0 Å². The Bertz CT molecular complexity index is 906. The highest BCUT2D eigenvalue weighted by Gasteiger charge is 2.26. The van der Waals surface area contributed by atoms with E-state index in [9.17, 15) is 9.59 Å². The minimum absolute atomic E-state index is 0.0271. The second-order valence-electron chi connectivity index (χ2n) is 7.82. The SMILES string of the molecule is CCN(CC)C(=O)c1ccc(C(c2cccc(NC(=O)OC)c2)N2CCN(N)CC2)cc1. The van der Waals surface area contributed by atoms with E-state index in [2.05, 4.69) is 16.3 Å². The van der Waals surface area contributed by atoms with E-state index in [4.69, 9.17) is 10.6 Å². The Balaban J connectivity index is 1.93. The summed E-state index contributed by atoms with van der Waals surface area (Å²) in [6.07, 6.45) is -0.505. The Hall–Kier alpha value is -2.94. The highest BCUT2D eigenvalue weighted by atomic mass is 16.5. The largest absolute Gasteiger partial charge is 0.453 e. The van der Waals surface area contributed by atoms with Crippen LogP contribution in [0.15, 0.2) is 48.5 Å². The van der Waals surface area contributed by atoms with Crippen molar-refractivity contribution in [3.05, 3.63) is 65.2 Å². The highest BCUT2D eigenvalue weighted by molar-refractivity contribution is 5.94. The number of hydrazine groups is 1. The fourth-order valence-corrected chi connectivity index (χ4v) is 4.07. The molecule has 1 aliphatic rings. The average molecular weight is 440 g/mol. The van der Waals surface area contributed by atoms with Crippen LogP contribution in [0.4, 0.5) is 10.5 Å². The number of nitrogens with zero attached hydrogens (tertiary/aromatic N) is 3. The normalized spacial score (nSPS) is 15.8. The first-order chi connectivity index (χ1) is 15.5. The summed E-state index contributed by atoms with van der Waals surface area (Å²) in [7, 11) is 1.34. The Labute approximate surface area is 189 Å². The van der Waals surface area contributed by atoms with Crippen molar-refractivity contribution in [1.29, 1.82) is 0 Å². The van der Waals surface area contributed by atoms with E-state index in [1.807, 2.05) is 66.2 Å². The minimum atomic E-state index is -0.505. The van der Waals surface area contributed by atoms with Crippen LogP contribution in [-0.2, 0) is 4.74 Å². The van der Waals surface area contributed by atoms with Gasteiger partial charge < -0.3 is 9.64 Å². The monoisotopic (exact) mass is 439 g/mol. The van der Waals surface area contributed by atoms with Gasteiger partial charge in [-0.05, 0) is 49.2 Å². The number of carbonyl (C=O) groups excluding carboxylic acids is 2. The van der Waals surface area contributed by atoms with Crippen molar-refractivity contribution in [3.8, 4) is 0 Å². The lowest BCUT2D eigenvalue weighted by Gasteiger charge is -2.38. The average Bonchev–Trinajstić information content (AvgIpc) is 2.82. The predicted molar refractivity (Wildman–Crippen MR) is 125 cm³/mol. The van der Waals surface area contributed by atoms with Crippen molar-refractivity contribution in [1.82, 2.24) is 14.8 Å². The van der Waals surface area contributed by atoms with Crippen molar-refractivity contribution in [3.63, 3.8) is 0 Å². The van der Waals surface area contributed by atoms with Crippen LogP contribution in [-0.4, -0.2) is 73.2 Å². The number of benzene rings is 2. The molecule has 2 aromatic rings. The maximum absolute atomic E-state index is 12.7. The van der Waals surface area contributed by atoms with E-state index in [0.29, 0.717) is 24.3 Å². The molecule has 0 radical (unpaired) electrons. The van der Waals surface area contributed by atoms with Crippen molar-refractivity contribution in [2.45, 2.75) is 19.9 Å². The summed E-state index contributed by atoms with van der Waals surface area (Å²) in [4.78, 5) is 28.6. The number of nitrogens with one attached hydrogen (secondary N) is 1. The summed E-state index contributed by atoms with van der Waals surface area (Å²) in [5.41, 5.74) is 3.49. The van der Waals surface area contributed by atoms with Crippen LogP contribution >= 0.6 is 0 Å². The molecule has 3 N–H and O–H groups in total. The van der Waals surface area contributed by atoms with Gasteiger partial charge >= 0.3 is 6.09 Å². The quantitative estimate of drug-likeness (QED) is 0.645. The van der Waals surface area contributed by atoms with E-state index in [1.54, 1.807) is 0 Å². The van der Waals surface area contributed by atoms with Crippen molar-refractivity contribution in [2.75, 3.05) is 51.7 Å². The summed E-state index contributed by atoms with van der Waals surface area (Å²) in [6.45, 7) is 8.51. The molecule has 0 bridgehead atoms. The van der Waals surface area contributed by atoms with Gasteiger partial charge in [-0.25, -0.2) is 9.80 Å².